The number of rotatable bonds is 8. The van der Waals surface area contributed by atoms with Gasteiger partial charge in [-0.2, -0.15) is 5.10 Å². The van der Waals surface area contributed by atoms with Crippen molar-refractivity contribution in [1.82, 2.24) is 5.43 Å². The number of carbonyl (C=O) groups is 1. The normalized spacial score (nSPS) is 12.5. The first kappa shape index (κ1) is 26.4. The van der Waals surface area contributed by atoms with Crippen molar-refractivity contribution in [2.45, 2.75) is 53.4 Å². The Morgan fingerprint density at radius 1 is 1.03 bits per heavy atom. The predicted octanol–water partition coefficient (Wildman–Crippen LogP) is 6.85. The average Bonchev–Trinajstić information content (AvgIpc) is 2.69. The molecular weight excluding hydrogens is 536 g/mol. The van der Waals surface area contributed by atoms with Crippen LogP contribution in [0.1, 0.15) is 59.1 Å². The second-order valence-corrected chi connectivity index (χ2v) is 11.3. The predicted molar refractivity (Wildman–Crippen MR) is 138 cm³/mol. The number of ether oxygens (including phenoxy) is 2. The summed E-state index contributed by atoms with van der Waals surface area (Å²) < 4.78 is 12.5. The SMILES string of the molecule is COc1ccc(C(C)=NNC(=O)COc2c(Br)cc(C(C)(C)CC(C)(C)C)cc2Br)cc1. The number of halogens is 2. The first-order chi connectivity index (χ1) is 14.8. The van der Waals surface area contributed by atoms with E-state index in [2.05, 4.69) is 89.1 Å². The molecule has 0 aliphatic rings. The van der Waals surface area contributed by atoms with Gasteiger partial charge in [0.2, 0.25) is 0 Å². The zero-order valence-corrected chi connectivity index (χ0v) is 23.0. The first-order valence-electron chi connectivity index (χ1n) is 10.4. The molecule has 1 N–H and O–H groups in total. The van der Waals surface area contributed by atoms with Crippen LogP contribution in [0.4, 0.5) is 0 Å². The fourth-order valence-electron chi connectivity index (χ4n) is 3.73. The zero-order chi connectivity index (χ0) is 24.1. The van der Waals surface area contributed by atoms with Gasteiger partial charge in [0.05, 0.1) is 21.8 Å². The minimum absolute atomic E-state index is 0.00705. The number of benzene rings is 2. The van der Waals surface area contributed by atoms with E-state index >= 15 is 0 Å². The Hall–Kier alpha value is -1.86. The molecule has 2 rings (SSSR count). The van der Waals surface area contributed by atoms with Gasteiger partial charge in [-0.1, -0.05) is 34.6 Å². The lowest BCUT2D eigenvalue weighted by atomic mass is 9.72. The van der Waals surface area contributed by atoms with Crippen LogP contribution in [0.2, 0.25) is 0 Å². The van der Waals surface area contributed by atoms with Crippen LogP contribution in [0, 0.1) is 5.41 Å². The summed E-state index contributed by atoms with van der Waals surface area (Å²) in [5, 5.41) is 4.16. The second kappa shape index (κ2) is 10.8. The van der Waals surface area contributed by atoms with Gasteiger partial charge in [0, 0.05) is 0 Å². The molecule has 1 amide bonds. The number of amides is 1. The molecule has 0 heterocycles. The summed E-state index contributed by atoms with van der Waals surface area (Å²) in [6.45, 7) is 12.9. The maximum Gasteiger partial charge on any atom is 0.277 e. The van der Waals surface area contributed by atoms with Crippen LogP contribution in [0.3, 0.4) is 0 Å². The number of carbonyl (C=O) groups excluding carboxylic acids is 1. The highest BCUT2D eigenvalue weighted by molar-refractivity contribution is 9.11. The van der Waals surface area contributed by atoms with Crippen molar-refractivity contribution in [3.8, 4) is 11.5 Å². The van der Waals surface area contributed by atoms with Gasteiger partial charge in [-0.25, -0.2) is 5.43 Å². The lowest BCUT2D eigenvalue weighted by Gasteiger charge is -2.33. The van der Waals surface area contributed by atoms with Crippen LogP contribution >= 0.6 is 31.9 Å². The number of hydrogen-bond acceptors (Lipinski definition) is 4. The Bertz CT molecular complexity index is 955. The van der Waals surface area contributed by atoms with Crippen LogP contribution in [0.15, 0.2) is 50.4 Å². The molecule has 0 saturated heterocycles. The Kier molecular flexibility index (Phi) is 8.94. The summed E-state index contributed by atoms with van der Waals surface area (Å²) in [5.41, 5.74) is 5.52. The quantitative estimate of drug-likeness (QED) is 0.280. The van der Waals surface area contributed by atoms with Gasteiger partial charge < -0.3 is 9.47 Å². The highest BCUT2D eigenvalue weighted by Crippen LogP contribution is 2.42. The molecule has 0 bridgehead atoms. The van der Waals surface area contributed by atoms with E-state index in [-0.39, 0.29) is 23.3 Å². The number of methoxy groups -OCH3 is 1. The average molecular weight is 568 g/mol. The van der Waals surface area contributed by atoms with Gasteiger partial charge in [0.15, 0.2) is 6.61 Å². The van der Waals surface area contributed by atoms with Crippen molar-refractivity contribution in [2.75, 3.05) is 13.7 Å². The Morgan fingerprint density at radius 2 is 1.59 bits per heavy atom. The molecule has 0 aliphatic carbocycles. The third-order valence-corrected chi connectivity index (χ3v) is 6.13. The number of hydrogen-bond donors (Lipinski definition) is 1. The summed E-state index contributed by atoms with van der Waals surface area (Å²) in [6, 6.07) is 11.6. The molecule has 2 aromatic carbocycles. The monoisotopic (exact) mass is 566 g/mol. The summed E-state index contributed by atoms with van der Waals surface area (Å²) in [5.74, 6) is 1.02. The molecule has 0 atom stereocenters. The molecule has 7 heteroatoms. The smallest absolute Gasteiger partial charge is 0.277 e. The topological polar surface area (TPSA) is 59.9 Å². The third-order valence-electron chi connectivity index (χ3n) is 4.96. The summed E-state index contributed by atoms with van der Waals surface area (Å²) >= 11 is 7.20. The van der Waals surface area contributed by atoms with Gasteiger partial charge in [-0.05, 0) is 104 Å². The van der Waals surface area contributed by atoms with Crippen LogP contribution in [-0.4, -0.2) is 25.3 Å². The number of nitrogens with one attached hydrogen (secondary N) is 1. The molecule has 0 aromatic heterocycles. The van der Waals surface area contributed by atoms with Gasteiger partial charge in [-0.15, -0.1) is 0 Å². The molecule has 0 spiro atoms. The fraction of sp³-hybridized carbons (Fsp3) is 0.440. The van der Waals surface area contributed by atoms with Crippen molar-refractivity contribution in [3.05, 3.63) is 56.5 Å². The molecule has 32 heavy (non-hydrogen) atoms. The second-order valence-electron chi connectivity index (χ2n) is 9.64. The molecule has 0 aliphatic heterocycles. The minimum atomic E-state index is -0.339. The molecule has 2 aromatic rings. The van der Waals surface area contributed by atoms with E-state index < -0.39 is 0 Å². The lowest BCUT2D eigenvalue weighted by Crippen LogP contribution is -2.26. The van der Waals surface area contributed by atoms with Crippen LogP contribution in [0.5, 0.6) is 11.5 Å². The van der Waals surface area contributed by atoms with Gasteiger partial charge >= 0.3 is 0 Å². The van der Waals surface area contributed by atoms with Crippen molar-refractivity contribution < 1.29 is 14.3 Å². The molecular formula is C25H32Br2N2O3. The standard InChI is InChI=1S/C25H32Br2N2O3/c1-16(17-8-10-19(31-7)11-9-17)28-29-22(30)14-32-23-20(26)12-18(13-21(23)27)25(5,6)15-24(2,3)4/h8-13H,14-15H2,1-7H3,(H,29,30). The van der Waals surface area contributed by atoms with E-state index in [9.17, 15) is 4.79 Å². The first-order valence-corrected chi connectivity index (χ1v) is 12.0. The number of hydrazone groups is 1. The number of nitrogens with zero attached hydrogens (tertiary/aromatic N) is 1. The highest BCUT2D eigenvalue weighted by atomic mass is 79.9. The van der Waals surface area contributed by atoms with Gasteiger partial charge in [0.25, 0.3) is 5.91 Å². The van der Waals surface area contributed by atoms with E-state index in [1.807, 2.05) is 31.2 Å². The van der Waals surface area contributed by atoms with Crippen LogP contribution in [-0.2, 0) is 10.2 Å². The lowest BCUT2D eigenvalue weighted by molar-refractivity contribution is -0.123. The van der Waals surface area contributed by atoms with Crippen LogP contribution < -0.4 is 14.9 Å². The zero-order valence-electron chi connectivity index (χ0n) is 19.8. The Labute approximate surface area is 208 Å². The summed E-state index contributed by atoms with van der Waals surface area (Å²) in [7, 11) is 1.62. The Morgan fingerprint density at radius 3 is 2.09 bits per heavy atom. The highest BCUT2D eigenvalue weighted by Gasteiger charge is 2.28. The van der Waals surface area contributed by atoms with Crippen molar-refractivity contribution in [1.29, 1.82) is 0 Å². The molecule has 0 saturated carbocycles. The van der Waals surface area contributed by atoms with E-state index in [0.29, 0.717) is 11.5 Å². The Balaban J connectivity index is 2.03. The van der Waals surface area contributed by atoms with Gasteiger partial charge in [-0.3, -0.25) is 4.79 Å². The molecule has 174 valence electrons. The fourth-order valence-corrected chi connectivity index (χ4v) is 5.14. The van der Waals surface area contributed by atoms with Gasteiger partial charge in [0.1, 0.15) is 11.5 Å². The molecule has 5 nitrogen and oxygen atoms in total. The molecule has 0 fully saturated rings. The van der Waals surface area contributed by atoms with E-state index in [4.69, 9.17) is 9.47 Å². The maximum absolute atomic E-state index is 12.3. The van der Waals surface area contributed by atoms with E-state index in [0.717, 1.165) is 26.7 Å². The van der Waals surface area contributed by atoms with Crippen molar-refractivity contribution in [3.63, 3.8) is 0 Å². The largest absolute Gasteiger partial charge is 0.497 e. The minimum Gasteiger partial charge on any atom is -0.497 e. The molecule has 0 radical (unpaired) electrons. The van der Waals surface area contributed by atoms with E-state index in [1.165, 1.54) is 5.56 Å². The van der Waals surface area contributed by atoms with Crippen molar-refractivity contribution >= 4 is 43.5 Å². The summed E-state index contributed by atoms with van der Waals surface area (Å²) in [4.78, 5) is 12.3. The van der Waals surface area contributed by atoms with Crippen LogP contribution in [0.25, 0.3) is 0 Å². The maximum atomic E-state index is 12.3. The van der Waals surface area contributed by atoms with Crippen molar-refractivity contribution in [2.24, 2.45) is 10.5 Å². The van der Waals surface area contributed by atoms with E-state index in [1.54, 1.807) is 7.11 Å². The molecule has 0 unspecified atom stereocenters. The summed E-state index contributed by atoms with van der Waals surface area (Å²) in [6.07, 6.45) is 1.03. The third kappa shape index (κ3) is 7.62.